The van der Waals surface area contributed by atoms with Crippen LogP contribution in [0.2, 0.25) is 5.02 Å². The summed E-state index contributed by atoms with van der Waals surface area (Å²) in [7, 11) is -4.53. The van der Waals surface area contributed by atoms with Gasteiger partial charge in [-0.15, -0.1) is 0 Å². The highest BCUT2D eigenvalue weighted by Crippen LogP contribution is 2.57. The van der Waals surface area contributed by atoms with Gasteiger partial charge in [0, 0.05) is 10.9 Å². The molecule has 0 spiro atoms. The van der Waals surface area contributed by atoms with Crippen molar-refractivity contribution >= 4 is 33.6 Å². The topological polar surface area (TPSA) is 136 Å². The van der Waals surface area contributed by atoms with Gasteiger partial charge in [-0.25, -0.2) is 8.42 Å². The zero-order valence-electron chi connectivity index (χ0n) is 18.1. The van der Waals surface area contributed by atoms with E-state index in [1.807, 2.05) is 6.07 Å². The van der Waals surface area contributed by atoms with Crippen molar-refractivity contribution in [1.82, 2.24) is 4.31 Å². The Hall–Kier alpha value is -3.71. The van der Waals surface area contributed by atoms with Gasteiger partial charge in [-0.2, -0.15) is 9.57 Å². The molecule has 2 N–H and O–H groups in total. The van der Waals surface area contributed by atoms with Crippen LogP contribution in [0.3, 0.4) is 0 Å². The number of carboxylic acids is 2. The van der Waals surface area contributed by atoms with Crippen molar-refractivity contribution in [2.45, 2.75) is 22.8 Å². The first-order valence-corrected chi connectivity index (χ1v) is 12.3. The molecular weight excluding hydrogens is 492 g/mol. The van der Waals surface area contributed by atoms with Crippen molar-refractivity contribution in [1.29, 1.82) is 5.26 Å². The Bertz CT molecular complexity index is 1450. The first-order valence-electron chi connectivity index (χ1n) is 10.4. The van der Waals surface area contributed by atoms with Crippen molar-refractivity contribution in [3.63, 3.8) is 0 Å². The second kappa shape index (κ2) is 9.15. The Morgan fingerprint density at radius 3 is 2.11 bits per heavy atom. The number of aliphatic carboxylic acids is 2. The fourth-order valence-electron chi connectivity index (χ4n) is 4.29. The molecule has 178 valence electrons. The van der Waals surface area contributed by atoms with E-state index < -0.39 is 40.0 Å². The van der Waals surface area contributed by atoms with Crippen molar-refractivity contribution < 1.29 is 28.2 Å². The van der Waals surface area contributed by atoms with Crippen LogP contribution in [-0.4, -0.2) is 47.0 Å². The summed E-state index contributed by atoms with van der Waals surface area (Å²) in [6.07, 6.45) is -0.156. The third-order valence-electron chi connectivity index (χ3n) is 6.10. The first kappa shape index (κ1) is 24.4. The molecule has 2 atom stereocenters. The largest absolute Gasteiger partial charge is 0.480 e. The molecule has 1 fully saturated rings. The Labute approximate surface area is 206 Å². The SMILES string of the molecule is N#Cc1ccccc1[C@@H]1C[C@@]1(C(=O)O)N(CC(=O)O)S(=O)(=O)c1ccc(-c2ccc(Cl)cc2)cc1. The standard InChI is InChI=1S/C25H19ClN2O6S/c26-19-9-5-16(6-10-19)17-7-11-20(12-8-17)35(33,34)28(15-23(29)30)25(24(31)32)13-22(25)21-4-2-1-3-18(21)14-27/h1-12,22H,13,15H2,(H,29,30)(H,31,32)/t22-,25+/m0/s1. The number of halogens is 1. The molecule has 1 aliphatic carbocycles. The molecule has 1 aliphatic rings. The van der Waals surface area contributed by atoms with E-state index in [1.165, 1.54) is 18.2 Å². The number of benzene rings is 3. The van der Waals surface area contributed by atoms with Gasteiger partial charge in [0.25, 0.3) is 0 Å². The molecule has 3 aromatic carbocycles. The number of carboxylic acid groups (broad SMARTS) is 2. The van der Waals surface area contributed by atoms with Crippen LogP contribution in [0.1, 0.15) is 23.5 Å². The summed E-state index contributed by atoms with van der Waals surface area (Å²) in [5.74, 6) is -3.85. The molecule has 8 nitrogen and oxygen atoms in total. The van der Waals surface area contributed by atoms with E-state index in [9.17, 15) is 33.5 Å². The van der Waals surface area contributed by atoms with Crippen LogP contribution in [0.15, 0.2) is 77.7 Å². The molecule has 35 heavy (non-hydrogen) atoms. The predicted molar refractivity (Wildman–Crippen MR) is 127 cm³/mol. The second-order valence-corrected chi connectivity index (χ2v) is 10.4. The molecule has 3 aromatic rings. The van der Waals surface area contributed by atoms with Crippen LogP contribution >= 0.6 is 11.6 Å². The van der Waals surface area contributed by atoms with Crippen LogP contribution in [0.25, 0.3) is 11.1 Å². The van der Waals surface area contributed by atoms with E-state index in [2.05, 4.69) is 0 Å². The monoisotopic (exact) mass is 510 g/mol. The Kier molecular flexibility index (Phi) is 6.38. The summed E-state index contributed by atoms with van der Waals surface area (Å²) in [5, 5.41) is 29.6. The molecule has 0 unspecified atom stereocenters. The molecular formula is C25H19ClN2O6S. The van der Waals surface area contributed by atoms with Gasteiger partial charge in [-0.3, -0.25) is 9.59 Å². The minimum Gasteiger partial charge on any atom is -0.480 e. The van der Waals surface area contributed by atoms with E-state index in [0.29, 0.717) is 20.5 Å². The van der Waals surface area contributed by atoms with Crippen LogP contribution in [0.4, 0.5) is 0 Å². The van der Waals surface area contributed by atoms with Gasteiger partial charge >= 0.3 is 11.9 Å². The van der Waals surface area contributed by atoms with E-state index >= 15 is 0 Å². The number of hydrogen-bond donors (Lipinski definition) is 2. The van der Waals surface area contributed by atoms with Crippen LogP contribution in [0, 0.1) is 11.3 Å². The van der Waals surface area contributed by atoms with E-state index in [0.717, 1.165) is 5.56 Å². The van der Waals surface area contributed by atoms with Crippen molar-refractivity contribution in [3.05, 3.63) is 88.9 Å². The third-order valence-corrected chi connectivity index (χ3v) is 8.26. The number of rotatable bonds is 8. The lowest BCUT2D eigenvalue weighted by Crippen LogP contribution is -2.50. The Morgan fingerprint density at radius 2 is 1.57 bits per heavy atom. The molecule has 4 rings (SSSR count). The maximum Gasteiger partial charge on any atom is 0.325 e. The average molecular weight is 511 g/mol. The average Bonchev–Trinajstić information content (AvgIpc) is 3.59. The van der Waals surface area contributed by atoms with Gasteiger partial charge in [0.2, 0.25) is 10.0 Å². The molecule has 0 heterocycles. The lowest BCUT2D eigenvalue weighted by molar-refractivity contribution is -0.145. The Balaban J connectivity index is 1.76. The van der Waals surface area contributed by atoms with Crippen LogP contribution in [0.5, 0.6) is 0 Å². The molecule has 0 amide bonds. The predicted octanol–water partition coefficient (Wildman–Crippen LogP) is 3.96. The summed E-state index contributed by atoms with van der Waals surface area (Å²) < 4.78 is 27.7. The fraction of sp³-hybridized carbons (Fsp3) is 0.160. The normalized spacial score (nSPS) is 19.2. The lowest BCUT2D eigenvalue weighted by Gasteiger charge is -2.28. The number of nitriles is 1. The molecule has 0 bridgehead atoms. The fourth-order valence-corrected chi connectivity index (χ4v) is 6.14. The van der Waals surface area contributed by atoms with Gasteiger partial charge in [-0.05, 0) is 53.4 Å². The summed E-state index contributed by atoms with van der Waals surface area (Å²) >= 11 is 5.91. The number of hydrogen-bond acceptors (Lipinski definition) is 5. The number of carbonyl (C=O) groups is 2. The van der Waals surface area contributed by atoms with Gasteiger partial charge in [0.15, 0.2) is 0 Å². The minimum absolute atomic E-state index is 0.156. The summed E-state index contributed by atoms with van der Waals surface area (Å²) in [6, 6.07) is 20.9. The van der Waals surface area contributed by atoms with Gasteiger partial charge in [0.05, 0.1) is 16.5 Å². The zero-order chi connectivity index (χ0) is 25.4. The molecule has 1 saturated carbocycles. The second-order valence-electron chi connectivity index (χ2n) is 8.12. The molecule has 0 aliphatic heterocycles. The molecule has 0 aromatic heterocycles. The number of sulfonamides is 1. The number of nitrogens with zero attached hydrogens (tertiary/aromatic N) is 2. The quantitative estimate of drug-likeness (QED) is 0.468. The molecule has 0 radical (unpaired) electrons. The highest BCUT2D eigenvalue weighted by atomic mass is 35.5. The van der Waals surface area contributed by atoms with E-state index in [-0.39, 0.29) is 16.9 Å². The zero-order valence-corrected chi connectivity index (χ0v) is 19.7. The minimum atomic E-state index is -4.53. The highest BCUT2D eigenvalue weighted by Gasteiger charge is 2.68. The summed E-state index contributed by atoms with van der Waals surface area (Å²) in [6.45, 7) is -1.04. The maximum absolute atomic E-state index is 13.6. The molecule has 0 saturated heterocycles. The lowest BCUT2D eigenvalue weighted by atomic mass is 10.0. The van der Waals surface area contributed by atoms with Gasteiger partial charge in [-0.1, -0.05) is 54.1 Å². The first-order chi connectivity index (χ1) is 16.6. The maximum atomic E-state index is 13.6. The van der Waals surface area contributed by atoms with Crippen molar-refractivity contribution in [2.24, 2.45) is 0 Å². The van der Waals surface area contributed by atoms with Crippen LogP contribution in [-0.2, 0) is 19.6 Å². The van der Waals surface area contributed by atoms with Gasteiger partial charge in [0.1, 0.15) is 12.1 Å². The smallest absolute Gasteiger partial charge is 0.325 e. The van der Waals surface area contributed by atoms with E-state index in [4.69, 9.17) is 11.6 Å². The van der Waals surface area contributed by atoms with Crippen molar-refractivity contribution in [2.75, 3.05) is 6.54 Å². The highest BCUT2D eigenvalue weighted by molar-refractivity contribution is 7.89. The van der Waals surface area contributed by atoms with Crippen molar-refractivity contribution in [3.8, 4) is 17.2 Å². The third kappa shape index (κ3) is 4.39. The Morgan fingerprint density at radius 1 is 1.00 bits per heavy atom. The van der Waals surface area contributed by atoms with Crippen LogP contribution < -0.4 is 0 Å². The summed E-state index contributed by atoms with van der Waals surface area (Å²) in [5.41, 5.74) is 0.0318. The van der Waals surface area contributed by atoms with Gasteiger partial charge < -0.3 is 10.2 Å². The molecule has 10 heteroatoms. The van der Waals surface area contributed by atoms with E-state index in [1.54, 1.807) is 54.6 Å². The summed E-state index contributed by atoms with van der Waals surface area (Å²) in [4.78, 5) is 23.9.